The number of nitriles is 3. The normalized spacial score (nSPS) is 21.0. The number of hydrogen-bond donors (Lipinski definition) is 1. The van der Waals surface area contributed by atoms with Crippen molar-refractivity contribution in [3.05, 3.63) is 86.6 Å². The summed E-state index contributed by atoms with van der Waals surface area (Å²) in [5.41, 5.74) is 10.5. The maximum atomic E-state index is 10.3. The fraction of sp³-hybridized carbons (Fsp3) is 0.321. The van der Waals surface area contributed by atoms with E-state index in [9.17, 15) is 15.8 Å². The number of allylic oxidation sites excluding steroid dienone is 4. The molecule has 170 valence electrons. The number of nitrogens with two attached hydrogens (primary N) is 1. The molecule has 2 aliphatic rings. The SMILES string of the molecule is Cc1cc(C)c(C2C3CCCC=C3C(C#N)=C(N)C2(C#N)C#N)cc1CSc1ccc(Cl)cc1. The van der Waals surface area contributed by atoms with Crippen LogP contribution in [0.3, 0.4) is 0 Å². The molecule has 0 saturated carbocycles. The Balaban J connectivity index is 1.83. The average Bonchev–Trinajstić information content (AvgIpc) is 2.84. The fourth-order valence-electron chi connectivity index (χ4n) is 5.32. The minimum atomic E-state index is -1.58. The third kappa shape index (κ3) is 3.99. The summed E-state index contributed by atoms with van der Waals surface area (Å²) in [6, 6.07) is 18.7. The van der Waals surface area contributed by atoms with Crippen LogP contribution in [-0.2, 0) is 5.75 Å². The van der Waals surface area contributed by atoms with Crippen molar-refractivity contribution in [1.82, 2.24) is 0 Å². The van der Waals surface area contributed by atoms with Crippen molar-refractivity contribution in [2.24, 2.45) is 17.1 Å². The molecule has 0 aliphatic heterocycles. The first-order valence-electron chi connectivity index (χ1n) is 11.3. The zero-order valence-electron chi connectivity index (χ0n) is 19.2. The van der Waals surface area contributed by atoms with Crippen LogP contribution in [0.2, 0.25) is 5.02 Å². The summed E-state index contributed by atoms with van der Waals surface area (Å²) in [4.78, 5) is 1.12. The molecule has 2 aliphatic carbocycles. The zero-order chi connectivity index (χ0) is 24.5. The van der Waals surface area contributed by atoms with Crippen LogP contribution in [0.1, 0.15) is 47.4 Å². The fourth-order valence-corrected chi connectivity index (χ4v) is 6.40. The molecule has 0 fully saturated rings. The Bertz CT molecular complexity index is 1300. The van der Waals surface area contributed by atoms with Gasteiger partial charge in [0.05, 0.1) is 23.4 Å². The van der Waals surface area contributed by atoms with Gasteiger partial charge < -0.3 is 5.73 Å². The second kappa shape index (κ2) is 9.60. The van der Waals surface area contributed by atoms with Crippen LogP contribution in [0.15, 0.2) is 64.2 Å². The quantitative estimate of drug-likeness (QED) is 0.479. The number of aryl methyl sites for hydroxylation is 2. The van der Waals surface area contributed by atoms with Crippen molar-refractivity contribution in [2.75, 3.05) is 0 Å². The van der Waals surface area contributed by atoms with E-state index in [-0.39, 0.29) is 11.6 Å². The van der Waals surface area contributed by atoms with Gasteiger partial charge in [-0.05, 0) is 91.1 Å². The van der Waals surface area contributed by atoms with Gasteiger partial charge in [-0.2, -0.15) is 15.8 Å². The molecule has 2 atom stereocenters. The summed E-state index contributed by atoms with van der Waals surface area (Å²) in [5.74, 6) is 0.237. The molecule has 0 aromatic heterocycles. The Hall–Kier alpha value is -3.17. The van der Waals surface area contributed by atoms with Crippen molar-refractivity contribution in [3.8, 4) is 18.2 Å². The minimum absolute atomic E-state index is 0.0893. The summed E-state index contributed by atoms with van der Waals surface area (Å²) < 4.78 is 0. The van der Waals surface area contributed by atoms with Gasteiger partial charge in [-0.1, -0.05) is 29.8 Å². The lowest BCUT2D eigenvalue weighted by atomic mass is 9.56. The topological polar surface area (TPSA) is 97.4 Å². The largest absolute Gasteiger partial charge is 0.399 e. The van der Waals surface area contributed by atoms with Crippen molar-refractivity contribution in [3.63, 3.8) is 0 Å². The number of fused-ring (bicyclic) bond motifs is 1. The van der Waals surface area contributed by atoms with E-state index in [0.29, 0.717) is 10.6 Å². The van der Waals surface area contributed by atoms with Gasteiger partial charge in [0.25, 0.3) is 0 Å². The number of rotatable bonds is 4. The zero-order valence-corrected chi connectivity index (χ0v) is 20.8. The first-order chi connectivity index (χ1) is 16.4. The first-order valence-corrected chi connectivity index (χ1v) is 12.6. The van der Waals surface area contributed by atoms with Gasteiger partial charge in [-0.15, -0.1) is 11.8 Å². The lowest BCUT2D eigenvalue weighted by molar-refractivity contribution is 0.316. The van der Waals surface area contributed by atoms with Gasteiger partial charge in [-0.3, -0.25) is 0 Å². The molecule has 34 heavy (non-hydrogen) atoms. The molecule has 2 aromatic rings. The second-order valence-corrected chi connectivity index (χ2v) is 10.5. The molecule has 0 saturated heterocycles. The van der Waals surface area contributed by atoms with Gasteiger partial charge in [-0.25, -0.2) is 0 Å². The predicted octanol–water partition coefficient (Wildman–Crippen LogP) is 6.84. The van der Waals surface area contributed by atoms with Crippen LogP contribution in [0.25, 0.3) is 0 Å². The third-order valence-electron chi connectivity index (χ3n) is 7.07. The van der Waals surface area contributed by atoms with E-state index in [1.54, 1.807) is 11.8 Å². The van der Waals surface area contributed by atoms with Crippen molar-refractivity contribution in [2.45, 2.75) is 49.7 Å². The number of hydrogen-bond acceptors (Lipinski definition) is 5. The molecule has 2 aromatic carbocycles. The summed E-state index contributed by atoms with van der Waals surface area (Å²) in [7, 11) is 0. The van der Waals surface area contributed by atoms with Gasteiger partial charge in [0.2, 0.25) is 0 Å². The molecular weight excluding hydrogens is 460 g/mol. The lowest BCUT2D eigenvalue weighted by Gasteiger charge is -2.44. The lowest BCUT2D eigenvalue weighted by Crippen LogP contribution is -2.43. The summed E-state index contributed by atoms with van der Waals surface area (Å²) in [5, 5.41) is 31.2. The van der Waals surface area contributed by atoms with E-state index < -0.39 is 11.3 Å². The molecule has 0 radical (unpaired) electrons. The van der Waals surface area contributed by atoms with Gasteiger partial charge in [0, 0.05) is 21.6 Å². The molecule has 0 spiro atoms. The Morgan fingerprint density at radius 3 is 2.44 bits per heavy atom. The van der Waals surface area contributed by atoms with Crippen LogP contribution >= 0.6 is 23.4 Å². The molecule has 0 bridgehead atoms. The number of nitrogens with zero attached hydrogens (tertiary/aromatic N) is 3. The summed E-state index contributed by atoms with van der Waals surface area (Å²) in [6.45, 7) is 4.12. The Labute approximate surface area is 210 Å². The highest BCUT2D eigenvalue weighted by atomic mass is 35.5. The first kappa shape index (κ1) is 24.0. The number of benzene rings is 2. The summed E-state index contributed by atoms with van der Waals surface area (Å²) >= 11 is 7.74. The van der Waals surface area contributed by atoms with Crippen LogP contribution in [0.4, 0.5) is 0 Å². The number of halogens is 1. The second-order valence-electron chi connectivity index (χ2n) is 8.98. The molecule has 2 N–H and O–H groups in total. The highest BCUT2D eigenvalue weighted by molar-refractivity contribution is 7.98. The van der Waals surface area contributed by atoms with Crippen molar-refractivity contribution >= 4 is 23.4 Å². The molecule has 2 unspecified atom stereocenters. The van der Waals surface area contributed by atoms with Crippen LogP contribution < -0.4 is 5.73 Å². The van der Waals surface area contributed by atoms with Gasteiger partial charge in [0.1, 0.15) is 6.07 Å². The molecular formula is C28H25ClN4S. The van der Waals surface area contributed by atoms with E-state index in [1.165, 1.54) is 5.56 Å². The highest BCUT2D eigenvalue weighted by Crippen LogP contribution is 2.56. The van der Waals surface area contributed by atoms with E-state index in [4.69, 9.17) is 17.3 Å². The average molecular weight is 485 g/mol. The molecule has 4 rings (SSSR count). The summed E-state index contributed by atoms with van der Waals surface area (Å²) in [6.07, 6.45) is 4.73. The highest BCUT2D eigenvalue weighted by Gasteiger charge is 2.54. The van der Waals surface area contributed by atoms with Crippen molar-refractivity contribution < 1.29 is 0 Å². The molecule has 0 heterocycles. The molecule has 4 nitrogen and oxygen atoms in total. The van der Waals surface area contributed by atoms with Gasteiger partial charge in [0.15, 0.2) is 5.41 Å². The molecule has 0 amide bonds. The maximum absolute atomic E-state index is 10.3. The monoisotopic (exact) mass is 484 g/mol. The van der Waals surface area contributed by atoms with Crippen LogP contribution in [-0.4, -0.2) is 0 Å². The standard InChI is InChI=1S/C28H25ClN4S/c1-17-11-18(2)24(12-19(17)14-34-21-9-7-20(29)8-10-21)26-23-6-4-3-5-22(23)25(13-30)27(33)28(26,15-31)16-32/h5,7-12,23,26H,3-4,6,14,33H2,1-2H3. The van der Waals surface area contributed by atoms with Gasteiger partial charge >= 0.3 is 0 Å². The van der Waals surface area contributed by atoms with E-state index in [2.05, 4.69) is 43.3 Å². The smallest absolute Gasteiger partial charge is 0.191 e. The minimum Gasteiger partial charge on any atom is -0.399 e. The van der Waals surface area contributed by atoms with Crippen molar-refractivity contribution in [1.29, 1.82) is 15.8 Å². The Morgan fingerprint density at radius 2 is 1.79 bits per heavy atom. The van der Waals surface area contributed by atoms with E-state index in [0.717, 1.165) is 52.2 Å². The Morgan fingerprint density at radius 1 is 1.09 bits per heavy atom. The van der Waals surface area contributed by atoms with E-state index in [1.807, 2.05) is 31.2 Å². The van der Waals surface area contributed by atoms with E-state index >= 15 is 0 Å². The van der Waals surface area contributed by atoms with Crippen LogP contribution in [0, 0.1) is 59.2 Å². The predicted molar refractivity (Wildman–Crippen MR) is 136 cm³/mol. The Kier molecular flexibility index (Phi) is 6.77. The van der Waals surface area contributed by atoms with Crippen LogP contribution in [0.5, 0.6) is 0 Å². The maximum Gasteiger partial charge on any atom is 0.191 e. The third-order valence-corrected chi connectivity index (χ3v) is 8.38. The molecule has 6 heteroatoms. The number of thioether (sulfide) groups is 1.